The van der Waals surface area contributed by atoms with Gasteiger partial charge < -0.3 is 16.0 Å². The second-order valence-electron chi connectivity index (χ2n) is 6.77. The molecule has 4 nitrogen and oxygen atoms in total. The van der Waals surface area contributed by atoms with E-state index < -0.39 is 0 Å². The van der Waals surface area contributed by atoms with Gasteiger partial charge in [0.1, 0.15) is 0 Å². The molecule has 0 aromatic carbocycles. The van der Waals surface area contributed by atoms with Crippen molar-refractivity contribution in [3.8, 4) is 0 Å². The number of carbonyl (C=O) groups is 1. The number of rotatable bonds is 5. The molecule has 4 heteroatoms. The van der Waals surface area contributed by atoms with Crippen LogP contribution in [-0.2, 0) is 0 Å². The lowest BCUT2D eigenvalue weighted by atomic mass is 9.95. The van der Waals surface area contributed by atoms with Crippen LogP contribution in [0, 0.1) is 0 Å². The summed E-state index contributed by atoms with van der Waals surface area (Å²) in [7, 11) is 0. The van der Waals surface area contributed by atoms with Crippen molar-refractivity contribution >= 4 is 6.03 Å². The molecule has 0 spiro atoms. The number of hydrogen-bond acceptors (Lipinski definition) is 2. The van der Waals surface area contributed by atoms with Crippen LogP contribution in [0.15, 0.2) is 0 Å². The van der Waals surface area contributed by atoms with Crippen LogP contribution in [0.25, 0.3) is 0 Å². The summed E-state index contributed by atoms with van der Waals surface area (Å²) in [6, 6.07) is 1.00. The molecular weight excluding hydrogens is 262 g/mol. The number of nitrogens with two attached hydrogens (primary N) is 1. The molecular formula is C17H33N3O. The zero-order valence-electron chi connectivity index (χ0n) is 13.5. The van der Waals surface area contributed by atoms with Gasteiger partial charge in [-0.15, -0.1) is 0 Å². The predicted octanol–water partition coefficient (Wildman–Crippen LogP) is 3.40. The van der Waals surface area contributed by atoms with Crippen LogP contribution in [0.3, 0.4) is 0 Å². The predicted molar refractivity (Wildman–Crippen MR) is 87.3 cm³/mol. The third-order valence-corrected chi connectivity index (χ3v) is 5.06. The van der Waals surface area contributed by atoms with E-state index in [9.17, 15) is 4.79 Å². The summed E-state index contributed by atoms with van der Waals surface area (Å²) in [5.41, 5.74) is 5.66. The first-order valence-corrected chi connectivity index (χ1v) is 9.08. The maximum absolute atomic E-state index is 12.7. The Kier molecular flexibility index (Phi) is 7.34. The number of hydrogen-bond donors (Lipinski definition) is 2. The van der Waals surface area contributed by atoms with Crippen molar-refractivity contribution in [3.63, 3.8) is 0 Å². The van der Waals surface area contributed by atoms with Crippen molar-refractivity contribution in [1.29, 1.82) is 0 Å². The first kappa shape index (κ1) is 16.6. The highest BCUT2D eigenvalue weighted by atomic mass is 16.2. The molecule has 2 saturated carbocycles. The molecule has 122 valence electrons. The van der Waals surface area contributed by atoms with Gasteiger partial charge in [-0.05, 0) is 38.6 Å². The molecule has 0 saturated heterocycles. The minimum atomic E-state index is 0.169. The van der Waals surface area contributed by atoms with Gasteiger partial charge in [-0.2, -0.15) is 0 Å². The molecule has 2 aliphatic rings. The fourth-order valence-electron chi connectivity index (χ4n) is 3.79. The lowest BCUT2D eigenvalue weighted by Crippen LogP contribution is -2.50. The fraction of sp³-hybridized carbons (Fsp3) is 0.941. The standard InChI is InChI=1S/C17H33N3O/c18-13-8-14-20(16-11-6-1-2-7-12-16)17(21)19-15-9-4-3-5-10-15/h15-16H,1-14,18H2,(H,19,21). The largest absolute Gasteiger partial charge is 0.335 e. The van der Waals surface area contributed by atoms with Crippen molar-refractivity contribution in [3.05, 3.63) is 0 Å². The molecule has 0 aromatic rings. The molecule has 0 atom stereocenters. The van der Waals surface area contributed by atoms with E-state index in [2.05, 4.69) is 10.2 Å². The lowest BCUT2D eigenvalue weighted by Gasteiger charge is -2.34. The fourth-order valence-corrected chi connectivity index (χ4v) is 3.79. The summed E-state index contributed by atoms with van der Waals surface area (Å²) in [5.74, 6) is 0. The second-order valence-corrected chi connectivity index (χ2v) is 6.77. The first-order valence-electron chi connectivity index (χ1n) is 9.08. The summed E-state index contributed by atoms with van der Waals surface area (Å²) >= 11 is 0. The summed E-state index contributed by atoms with van der Waals surface area (Å²) in [5, 5.41) is 3.29. The Labute approximate surface area is 129 Å². The van der Waals surface area contributed by atoms with E-state index in [1.807, 2.05) is 0 Å². The molecule has 0 radical (unpaired) electrons. The van der Waals surface area contributed by atoms with Gasteiger partial charge >= 0.3 is 6.03 Å². The van der Waals surface area contributed by atoms with E-state index in [4.69, 9.17) is 5.73 Å². The monoisotopic (exact) mass is 295 g/mol. The Morgan fingerprint density at radius 2 is 1.52 bits per heavy atom. The minimum Gasteiger partial charge on any atom is -0.335 e. The van der Waals surface area contributed by atoms with Crippen molar-refractivity contribution in [1.82, 2.24) is 10.2 Å². The zero-order valence-corrected chi connectivity index (χ0v) is 13.5. The van der Waals surface area contributed by atoms with Gasteiger partial charge in [-0.3, -0.25) is 0 Å². The van der Waals surface area contributed by atoms with E-state index in [1.54, 1.807) is 0 Å². The first-order chi connectivity index (χ1) is 10.3. The van der Waals surface area contributed by atoms with Crippen LogP contribution in [0.5, 0.6) is 0 Å². The summed E-state index contributed by atoms with van der Waals surface area (Å²) in [4.78, 5) is 14.8. The van der Waals surface area contributed by atoms with E-state index in [0.717, 1.165) is 25.8 Å². The average Bonchev–Trinajstić information content (AvgIpc) is 2.78. The molecule has 2 aliphatic carbocycles. The Morgan fingerprint density at radius 3 is 2.14 bits per heavy atom. The number of carbonyl (C=O) groups excluding carboxylic acids is 1. The molecule has 0 aromatic heterocycles. The van der Waals surface area contributed by atoms with Gasteiger partial charge in [0.25, 0.3) is 0 Å². The Hall–Kier alpha value is -0.770. The van der Waals surface area contributed by atoms with Crippen molar-refractivity contribution in [2.75, 3.05) is 13.1 Å². The summed E-state index contributed by atoms with van der Waals surface area (Å²) < 4.78 is 0. The maximum Gasteiger partial charge on any atom is 0.317 e. The van der Waals surface area contributed by atoms with Crippen LogP contribution in [0.1, 0.15) is 77.0 Å². The normalized spacial score (nSPS) is 21.8. The third-order valence-electron chi connectivity index (χ3n) is 5.06. The molecule has 2 fully saturated rings. The Bertz CT molecular complexity index is 294. The lowest BCUT2D eigenvalue weighted by molar-refractivity contribution is 0.160. The minimum absolute atomic E-state index is 0.169. The van der Waals surface area contributed by atoms with Crippen LogP contribution in [0.4, 0.5) is 4.79 Å². The van der Waals surface area contributed by atoms with Gasteiger partial charge in [0, 0.05) is 18.6 Å². The van der Waals surface area contributed by atoms with Crippen molar-refractivity contribution in [2.24, 2.45) is 5.73 Å². The Morgan fingerprint density at radius 1 is 0.952 bits per heavy atom. The van der Waals surface area contributed by atoms with E-state index in [0.29, 0.717) is 18.6 Å². The highest BCUT2D eigenvalue weighted by molar-refractivity contribution is 5.75. The molecule has 0 bridgehead atoms. The van der Waals surface area contributed by atoms with E-state index >= 15 is 0 Å². The molecule has 21 heavy (non-hydrogen) atoms. The molecule has 2 amide bonds. The van der Waals surface area contributed by atoms with Crippen molar-refractivity contribution in [2.45, 2.75) is 89.1 Å². The number of nitrogens with zero attached hydrogens (tertiary/aromatic N) is 1. The van der Waals surface area contributed by atoms with E-state index in [1.165, 1.54) is 57.8 Å². The van der Waals surface area contributed by atoms with Crippen molar-refractivity contribution < 1.29 is 4.79 Å². The van der Waals surface area contributed by atoms with Gasteiger partial charge in [-0.1, -0.05) is 44.9 Å². The SMILES string of the molecule is NCCCN(C(=O)NC1CCCCC1)C1CCCCCC1. The molecule has 0 unspecified atom stereocenters. The van der Waals surface area contributed by atoms with Crippen LogP contribution >= 0.6 is 0 Å². The molecule has 0 heterocycles. The maximum atomic E-state index is 12.7. The average molecular weight is 295 g/mol. The summed E-state index contributed by atoms with van der Waals surface area (Å²) in [6.07, 6.45) is 14.6. The topological polar surface area (TPSA) is 58.4 Å². The van der Waals surface area contributed by atoms with Crippen LogP contribution in [0.2, 0.25) is 0 Å². The second kappa shape index (κ2) is 9.29. The quantitative estimate of drug-likeness (QED) is 0.764. The van der Waals surface area contributed by atoms with Gasteiger partial charge in [0.15, 0.2) is 0 Å². The molecule has 2 rings (SSSR count). The molecule has 3 N–H and O–H groups in total. The number of urea groups is 1. The smallest absolute Gasteiger partial charge is 0.317 e. The highest BCUT2D eigenvalue weighted by Crippen LogP contribution is 2.23. The summed E-state index contributed by atoms with van der Waals surface area (Å²) in [6.45, 7) is 1.49. The Balaban J connectivity index is 1.90. The third kappa shape index (κ3) is 5.50. The van der Waals surface area contributed by atoms with Crippen LogP contribution < -0.4 is 11.1 Å². The number of nitrogens with one attached hydrogen (secondary N) is 1. The van der Waals surface area contributed by atoms with E-state index in [-0.39, 0.29) is 6.03 Å². The number of amides is 2. The van der Waals surface area contributed by atoms with Gasteiger partial charge in [0.05, 0.1) is 0 Å². The van der Waals surface area contributed by atoms with Crippen LogP contribution in [-0.4, -0.2) is 36.1 Å². The molecule has 0 aliphatic heterocycles. The van der Waals surface area contributed by atoms with Gasteiger partial charge in [-0.25, -0.2) is 4.79 Å². The highest BCUT2D eigenvalue weighted by Gasteiger charge is 2.26. The van der Waals surface area contributed by atoms with Gasteiger partial charge in [0.2, 0.25) is 0 Å². The zero-order chi connectivity index (χ0) is 14.9.